The molecule has 0 fully saturated rings. The molecule has 18 heavy (non-hydrogen) atoms. The molecule has 0 unspecified atom stereocenters. The predicted octanol–water partition coefficient (Wildman–Crippen LogP) is 4.56. The molecule has 4 heteroatoms. The maximum absolute atomic E-state index is 12.9. The predicted molar refractivity (Wildman–Crippen MR) is 70.1 cm³/mol. The Labute approximate surface area is 113 Å². The number of hydrogen-bond donors (Lipinski definition) is 0. The summed E-state index contributed by atoms with van der Waals surface area (Å²) < 4.78 is 19.1. The van der Waals surface area contributed by atoms with E-state index < -0.39 is 0 Å². The van der Waals surface area contributed by atoms with Crippen molar-refractivity contribution in [3.63, 3.8) is 0 Å². The third-order valence-corrected chi connectivity index (χ3v) is 3.06. The molecule has 2 nitrogen and oxygen atoms in total. The molecule has 2 aromatic rings. The SMILES string of the molecule is Cc1cc(Oc2ccc(F)cc2Br)ccc1C#N. The van der Waals surface area contributed by atoms with E-state index in [4.69, 9.17) is 10.00 Å². The second kappa shape index (κ2) is 5.19. The molecule has 0 heterocycles. The summed E-state index contributed by atoms with van der Waals surface area (Å²) in [5.41, 5.74) is 1.45. The number of halogens is 2. The molecule has 0 spiro atoms. The fourth-order valence-electron chi connectivity index (χ4n) is 1.51. The van der Waals surface area contributed by atoms with Crippen LogP contribution in [0.5, 0.6) is 11.5 Å². The van der Waals surface area contributed by atoms with Gasteiger partial charge in [-0.3, -0.25) is 0 Å². The lowest BCUT2D eigenvalue weighted by Gasteiger charge is -2.08. The van der Waals surface area contributed by atoms with Crippen LogP contribution < -0.4 is 4.74 Å². The van der Waals surface area contributed by atoms with E-state index in [9.17, 15) is 4.39 Å². The van der Waals surface area contributed by atoms with Crippen molar-refractivity contribution in [2.75, 3.05) is 0 Å². The summed E-state index contributed by atoms with van der Waals surface area (Å²) in [5, 5.41) is 8.83. The van der Waals surface area contributed by atoms with Crippen molar-refractivity contribution in [2.24, 2.45) is 0 Å². The average Bonchev–Trinajstić information content (AvgIpc) is 2.33. The van der Waals surface area contributed by atoms with Crippen molar-refractivity contribution in [3.05, 3.63) is 57.8 Å². The lowest BCUT2D eigenvalue weighted by Crippen LogP contribution is -1.89. The van der Waals surface area contributed by atoms with E-state index in [1.54, 1.807) is 24.3 Å². The van der Waals surface area contributed by atoms with Crippen molar-refractivity contribution in [1.29, 1.82) is 5.26 Å². The van der Waals surface area contributed by atoms with Gasteiger partial charge in [0, 0.05) is 0 Å². The van der Waals surface area contributed by atoms with E-state index in [2.05, 4.69) is 22.0 Å². The highest BCUT2D eigenvalue weighted by atomic mass is 79.9. The molecule has 0 bridgehead atoms. The molecular formula is C14H9BrFNO. The molecule has 0 radical (unpaired) electrons. The van der Waals surface area contributed by atoms with Gasteiger partial charge in [0.15, 0.2) is 0 Å². The first-order chi connectivity index (χ1) is 8.60. The minimum atomic E-state index is -0.328. The maximum atomic E-state index is 12.9. The smallest absolute Gasteiger partial charge is 0.141 e. The van der Waals surface area contributed by atoms with Gasteiger partial charge in [-0.05, 0) is 64.8 Å². The summed E-state index contributed by atoms with van der Waals surface area (Å²) in [6.45, 7) is 1.84. The van der Waals surface area contributed by atoms with Crippen molar-refractivity contribution >= 4 is 15.9 Å². The molecule has 0 aliphatic rings. The number of hydrogen-bond acceptors (Lipinski definition) is 2. The molecule has 0 atom stereocenters. The maximum Gasteiger partial charge on any atom is 0.141 e. The quantitative estimate of drug-likeness (QED) is 0.815. The van der Waals surface area contributed by atoms with Gasteiger partial charge < -0.3 is 4.74 Å². The summed E-state index contributed by atoms with van der Waals surface area (Å²) in [6.07, 6.45) is 0. The van der Waals surface area contributed by atoms with Crippen LogP contribution in [-0.4, -0.2) is 0 Å². The molecule has 0 aliphatic carbocycles. The molecule has 0 saturated carbocycles. The van der Waals surface area contributed by atoms with Gasteiger partial charge in [0.1, 0.15) is 17.3 Å². The third kappa shape index (κ3) is 2.69. The largest absolute Gasteiger partial charge is 0.456 e. The van der Waals surface area contributed by atoms with Crippen molar-refractivity contribution in [1.82, 2.24) is 0 Å². The van der Waals surface area contributed by atoms with Crippen LogP contribution in [-0.2, 0) is 0 Å². The number of aryl methyl sites for hydroxylation is 1. The zero-order valence-electron chi connectivity index (χ0n) is 9.58. The first-order valence-electron chi connectivity index (χ1n) is 5.24. The molecule has 0 saturated heterocycles. The van der Waals surface area contributed by atoms with Crippen LogP contribution in [0.4, 0.5) is 4.39 Å². The van der Waals surface area contributed by atoms with Crippen molar-refractivity contribution in [3.8, 4) is 17.6 Å². The number of nitrogens with zero attached hydrogens (tertiary/aromatic N) is 1. The van der Waals surface area contributed by atoms with Crippen LogP contribution in [0, 0.1) is 24.1 Å². The van der Waals surface area contributed by atoms with Crippen LogP contribution in [0.1, 0.15) is 11.1 Å². The number of ether oxygens (including phenoxy) is 1. The number of nitriles is 1. The highest BCUT2D eigenvalue weighted by Crippen LogP contribution is 2.30. The Hall–Kier alpha value is -1.86. The van der Waals surface area contributed by atoms with E-state index in [-0.39, 0.29) is 5.82 Å². The Balaban J connectivity index is 2.29. The molecular weight excluding hydrogens is 297 g/mol. The second-order valence-electron chi connectivity index (χ2n) is 3.77. The Kier molecular flexibility index (Phi) is 3.63. The minimum Gasteiger partial charge on any atom is -0.456 e. The first-order valence-corrected chi connectivity index (χ1v) is 6.03. The van der Waals surface area contributed by atoms with Gasteiger partial charge in [-0.1, -0.05) is 0 Å². The van der Waals surface area contributed by atoms with Crippen LogP contribution in [0.15, 0.2) is 40.9 Å². The second-order valence-corrected chi connectivity index (χ2v) is 4.62. The molecule has 0 aromatic heterocycles. The summed E-state index contributed by atoms with van der Waals surface area (Å²) in [4.78, 5) is 0. The Morgan fingerprint density at radius 3 is 2.61 bits per heavy atom. The lowest BCUT2D eigenvalue weighted by molar-refractivity contribution is 0.477. The Morgan fingerprint density at radius 2 is 2.00 bits per heavy atom. The molecule has 90 valence electrons. The summed E-state index contributed by atoms with van der Waals surface area (Å²) in [6, 6.07) is 11.5. The number of rotatable bonds is 2. The summed E-state index contributed by atoms with van der Waals surface area (Å²) in [5.74, 6) is 0.810. The van der Waals surface area contributed by atoms with Crippen molar-refractivity contribution < 1.29 is 9.13 Å². The monoisotopic (exact) mass is 305 g/mol. The molecule has 0 aliphatic heterocycles. The number of benzene rings is 2. The van der Waals surface area contributed by atoms with Gasteiger partial charge >= 0.3 is 0 Å². The Bertz CT molecular complexity index is 634. The van der Waals surface area contributed by atoms with Gasteiger partial charge in [-0.25, -0.2) is 4.39 Å². The van der Waals surface area contributed by atoms with Gasteiger partial charge in [0.05, 0.1) is 16.1 Å². The fourth-order valence-corrected chi connectivity index (χ4v) is 1.94. The topological polar surface area (TPSA) is 33.0 Å². The van der Waals surface area contributed by atoms with Gasteiger partial charge in [0.2, 0.25) is 0 Å². The van der Waals surface area contributed by atoms with E-state index >= 15 is 0 Å². The van der Waals surface area contributed by atoms with Gasteiger partial charge in [-0.15, -0.1) is 0 Å². The zero-order chi connectivity index (χ0) is 13.1. The van der Waals surface area contributed by atoms with Crippen LogP contribution in [0.2, 0.25) is 0 Å². The first kappa shape index (κ1) is 12.6. The van der Waals surface area contributed by atoms with E-state index in [0.717, 1.165) is 5.56 Å². The highest BCUT2D eigenvalue weighted by Gasteiger charge is 2.05. The molecule has 0 amide bonds. The molecule has 2 aromatic carbocycles. The minimum absolute atomic E-state index is 0.328. The average molecular weight is 306 g/mol. The Morgan fingerprint density at radius 1 is 1.22 bits per heavy atom. The molecule has 2 rings (SSSR count). The van der Waals surface area contributed by atoms with Crippen molar-refractivity contribution in [2.45, 2.75) is 6.92 Å². The van der Waals surface area contributed by atoms with E-state index in [1.165, 1.54) is 12.1 Å². The third-order valence-electron chi connectivity index (χ3n) is 2.44. The van der Waals surface area contributed by atoms with Gasteiger partial charge in [-0.2, -0.15) is 5.26 Å². The standard InChI is InChI=1S/C14H9BrFNO/c1-9-6-12(4-2-10(9)8-17)18-14-5-3-11(16)7-13(14)15/h2-7H,1H3. The van der Waals surface area contributed by atoms with Crippen LogP contribution in [0.25, 0.3) is 0 Å². The summed E-state index contributed by atoms with van der Waals surface area (Å²) in [7, 11) is 0. The highest BCUT2D eigenvalue weighted by molar-refractivity contribution is 9.10. The summed E-state index contributed by atoms with van der Waals surface area (Å²) >= 11 is 3.23. The fraction of sp³-hybridized carbons (Fsp3) is 0.0714. The zero-order valence-corrected chi connectivity index (χ0v) is 11.2. The molecule has 0 N–H and O–H groups in total. The van der Waals surface area contributed by atoms with E-state index in [1.807, 2.05) is 6.92 Å². The van der Waals surface area contributed by atoms with Crippen LogP contribution in [0.3, 0.4) is 0 Å². The van der Waals surface area contributed by atoms with Gasteiger partial charge in [0.25, 0.3) is 0 Å². The lowest BCUT2D eigenvalue weighted by atomic mass is 10.1. The van der Waals surface area contributed by atoms with E-state index in [0.29, 0.717) is 21.5 Å². The van der Waals surface area contributed by atoms with Crippen LogP contribution >= 0.6 is 15.9 Å². The normalized spacial score (nSPS) is 9.89.